The molecule has 0 bridgehead atoms. The van der Waals surface area contributed by atoms with E-state index in [4.69, 9.17) is 5.11 Å². The molecule has 15 heavy (non-hydrogen) atoms. The molecule has 1 rings (SSSR count). The molecule has 0 spiro atoms. The van der Waals surface area contributed by atoms with Gasteiger partial charge in [0, 0.05) is 6.61 Å². The summed E-state index contributed by atoms with van der Waals surface area (Å²) in [4.78, 5) is 0. The van der Waals surface area contributed by atoms with Gasteiger partial charge in [-0.25, -0.2) is 0 Å². The number of aryl methyl sites for hydroxylation is 1. The summed E-state index contributed by atoms with van der Waals surface area (Å²) in [6.45, 7) is 9.11. The molecule has 1 heteroatoms. The average Bonchev–Trinajstić information content (AvgIpc) is 2.14. The summed E-state index contributed by atoms with van der Waals surface area (Å²) in [5.41, 5.74) is 2.90. The summed E-state index contributed by atoms with van der Waals surface area (Å²) in [6.07, 6.45) is 0.842. The van der Waals surface area contributed by atoms with Crippen LogP contribution < -0.4 is 0 Å². The quantitative estimate of drug-likeness (QED) is 0.802. The zero-order valence-electron chi connectivity index (χ0n) is 10.2. The van der Waals surface area contributed by atoms with E-state index in [2.05, 4.69) is 52.0 Å². The minimum Gasteiger partial charge on any atom is -0.396 e. The highest BCUT2D eigenvalue weighted by Crippen LogP contribution is 2.38. The first-order valence-corrected chi connectivity index (χ1v) is 5.63. The van der Waals surface area contributed by atoms with Gasteiger partial charge in [-0.3, -0.25) is 0 Å². The van der Waals surface area contributed by atoms with Gasteiger partial charge in [-0.15, -0.1) is 0 Å². The molecule has 0 fully saturated rings. The number of aliphatic hydroxyl groups excluding tert-OH is 1. The smallest absolute Gasteiger partial charge is 0.0437 e. The Morgan fingerprint density at radius 1 is 1.20 bits per heavy atom. The lowest BCUT2D eigenvalue weighted by atomic mass is 9.73. The standard InChI is InChI=1S/C14H22O/c1-11-7-5-6-8-12(11)13(9-10-15)14(2,3)4/h5-8,13,15H,9-10H2,1-4H3. The molecule has 0 aliphatic carbocycles. The van der Waals surface area contributed by atoms with Crippen LogP contribution in [0.2, 0.25) is 0 Å². The largest absolute Gasteiger partial charge is 0.396 e. The fraction of sp³-hybridized carbons (Fsp3) is 0.571. The topological polar surface area (TPSA) is 20.2 Å². The second kappa shape index (κ2) is 4.80. The van der Waals surface area contributed by atoms with Crippen molar-refractivity contribution in [3.05, 3.63) is 35.4 Å². The second-order valence-corrected chi connectivity index (χ2v) is 5.29. The molecular formula is C14H22O. The van der Waals surface area contributed by atoms with Gasteiger partial charge >= 0.3 is 0 Å². The van der Waals surface area contributed by atoms with Crippen molar-refractivity contribution in [3.8, 4) is 0 Å². The Morgan fingerprint density at radius 3 is 2.27 bits per heavy atom. The molecule has 1 unspecified atom stereocenters. The summed E-state index contributed by atoms with van der Waals surface area (Å²) in [5, 5.41) is 9.15. The first-order valence-electron chi connectivity index (χ1n) is 5.63. The predicted molar refractivity (Wildman–Crippen MR) is 65.1 cm³/mol. The lowest BCUT2D eigenvalue weighted by Gasteiger charge is -2.31. The van der Waals surface area contributed by atoms with Crippen molar-refractivity contribution >= 4 is 0 Å². The molecule has 0 heterocycles. The molecule has 0 aromatic heterocycles. The van der Waals surface area contributed by atoms with Gasteiger partial charge < -0.3 is 5.11 Å². The highest BCUT2D eigenvalue weighted by molar-refractivity contribution is 5.30. The SMILES string of the molecule is Cc1ccccc1C(CCO)C(C)(C)C. The zero-order valence-corrected chi connectivity index (χ0v) is 10.2. The van der Waals surface area contributed by atoms with Crippen molar-refractivity contribution in [2.24, 2.45) is 5.41 Å². The highest BCUT2D eigenvalue weighted by Gasteiger charge is 2.26. The lowest BCUT2D eigenvalue weighted by molar-refractivity contribution is 0.223. The van der Waals surface area contributed by atoms with E-state index in [1.165, 1.54) is 11.1 Å². The second-order valence-electron chi connectivity index (χ2n) is 5.29. The van der Waals surface area contributed by atoms with E-state index in [0.29, 0.717) is 5.92 Å². The van der Waals surface area contributed by atoms with Crippen molar-refractivity contribution in [3.63, 3.8) is 0 Å². The van der Waals surface area contributed by atoms with E-state index in [1.807, 2.05) is 0 Å². The summed E-state index contributed by atoms with van der Waals surface area (Å²) in [5.74, 6) is 0.434. The lowest BCUT2D eigenvalue weighted by Crippen LogP contribution is -2.20. The maximum Gasteiger partial charge on any atom is 0.0437 e. The predicted octanol–water partition coefficient (Wildman–Crippen LogP) is 3.51. The molecule has 1 atom stereocenters. The monoisotopic (exact) mass is 206 g/mol. The molecule has 1 N–H and O–H groups in total. The van der Waals surface area contributed by atoms with E-state index < -0.39 is 0 Å². The van der Waals surface area contributed by atoms with Gasteiger partial charge in [0.05, 0.1) is 0 Å². The van der Waals surface area contributed by atoms with E-state index in [-0.39, 0.29) is 12.0 Å². The van der Waals surface area contributed by atoms with Crippen LogP contribution in [0.25, 0.3) is 0 Å². The first kappa shape index (κ1) is 12.3. The van der Waals surface area contributed by atoms with Gasteiger partial charge in [-0.05, 0) is 35.8 Å². The molecule has 0 amide bonds. The summed E-state index contributed by atoms with van der Waals surface area (Å²) in [6, 6.07) is 8.47. The van der Waals surface area contributed by atoms with Crippen molar-refractivity contribution in [1.82, 2.24) is 0 Å². The number of hydrogen-bond acceptors (Lipinski definition) is 1. The number of rotatable bonds is 3. The third-order valence-electron chi connectivity index (χ3n) is 3.03. The number of benzene rings is 1. The van der Waals surface area contributed by atoms with Gasteiger partial charge in [-0.1, -0.05) is 45.0 Å². The summed E-state index contributed by atoms with van der Waals surface area (Å²) >= 11 is 0. The number of hydrogen-bond donors (Lipinski definition) is 1. The zero-order chi connectivity index (χ0) is 11.5. The first-order chi connectivity index (χ1) is 6.96. The molecular weight excluding hydrogens is 184 g/mol. The Hall–Kier alpha value is -0.820. The maximum atomic E-state index is 9.15. The third-order valence-corrected chi connectivity index (χ3v) is 3.03. The molecule has 0 radical (unpaired) electrons. The Balaban J connectivity index is 3.05. The van der Waals surface area contributed by atoms with Crippen molar-refractivity contribution in [1.29, 1.82) is 0 Å². The van der Waals surface area contributed by atoms with Crippen molar-refractivity contribution in [2.75, 3.05) is 6.61 Å². The summed E-state index contributed by atoms with van der Waals surface area (Å²) < 4.78 is 0. The minimum absolute atomic E-state index is 0.203. The van der Waals surface area contributed by atoms with Crippen LogP contribution in [0.3, 0.4) is 0 Å². The third kappa shape index (κ3) is 3.07. The fourth-order valence-corrected chi connectivity index (χ4v) is 2.16. The average molecular weight is 206 g/mol. The van der Waals surface area contributed by atoms with E-state index in [0.717, 1.165) is 6.42 Å². The molecule has 1 aromatic carbocycles. The van der Waals surface area contributed by atoms with Crippen LogP contribution in [0.4, 0.5) is 0 Å². The highest BCUT2D eigenvalue weighted by atomic mass is 16.3. The Bertz CT molecular complexity index is 309. The van der Waals surface area contributed by atoms with Gasteiger partial charge in [-0.2, -0.15) is 0 Å². The van der Waals surface area contributed by atoms with Crippen LogP contribution in [0.5, 0.6) is 0 Å². The van der Waals surface area contributed by atoms with E-state index in [1.54, 1.807) is 0 Å². The van der Waals surface area contributed by atoms with Crippen LogP contribution in [0, 0.1) is 12.3 Å². The minimum atomic E-state index is 0.203. The summed E-state index contributed by atoms with van der Waals surface area (Å²) in [7, 11) is 0. The van der Waals surface area contributed by atoms with Gasteiger partial charge in [0.15, 0.2) is 0 Å². The van der Waals surface area contributed by atoms with Crippen LogP contribution in [0.15, 0.2) is 24.3 Å². The Morgan fingerprint density at radius 2 is 1.80 bits per heavy atom. The van der Waals surface area contributed by atoms with Gasteiger partial charge in [0.25, 0.3) is 0 Å². The molecule has 1 aromatic rings. The van der Waals surface area contributed by atoms with E-state index in [9.17, 15) is 0 Å². The van der Waals surface area contributed by atoms with Gasteiger partial charge in [0.2, 0.25) is 0 Å². The molecule has 84 valence electrons. The Labute approximate surface area is 93.1 Å². The van der Waals surface area contributed by atoms with Crippen LogP contribution in [-0.2, 0) is 0 Å². The molecule has 1 nitrogen and oxygen atoms in total. The molecule has 0 aliphatic heterocycles. The fourth-order valence-electron chi connectivity index (χ4n) is 2.16. The van der Waals surface area contributed by atoms with Crippen LogP contribution >= 0.6 is 0 Å². The molecule has 0 saturated carbocycles. The van der Waals surface area contributed by atoms with Gasteiger partial charge in [0.1, 0.15) is 0 Å². The van der Waals surface area contributed by atoms with Crippen LogP contribution in [-0.4, -0.2) is 11.7 Å². The molecule has 0 saturated heterocycles. The number of aliphatic hydroxyl groups is 1. The van der Waals surface area contributed by atoms with Crippen molar-refractivity contribution in [2.45, 2.75) is 40.0 Å². The van der Waals surface area contributed by atoms with Crippen LogP contribution in [0.1, 0.15) is 44.2 Å². The Kier molecular flexibility index (Phi) is 3.92. The molecule has 0 aliphatic rings. The van der Waals surface area contributed by atoms with E-state index >= 15 is 0 Å². The van der Waals surface area contributed by atoms with Crippen molar-refractivity contribution < 1.29 is 5.11 Å². The maximum absolute atomic E-state index is 9.15. The normalized spacial score (nSPS) is 13.9.